The van der Waals surface area contributed by atoms with E-state index in [1.54, 1.807) is 18.4 Å². The lowest BCUT2D eigenvalue weighted by Crippen LogP contribution is -2.21. The maximum absolute atomic E-state index is 5.03. The van der Waals surface area contributed by atoms with Crippen molar-refractivity contribution < 1.29 is 4.74 Å². The molecular formula is C11H21N3OS. The van der Waals surface area contributed by atoms with Crippen molar-refractivity contribution in [3.8, 4) is 0 Å². The van der Waals surface area contributed by atoms with Crippen LogP contribution in [0.3, 0.4) is 0 Å². The van der Waals surface area contributed by atoms with Crippen LogP contribution in [0.5, 0.6) is 0 Å². The first-order valence-corrected chi connectivity index (χ1v) is 6.38. The molecular weight excluding hydrogens is 222 g/mol. The zero-order valence-electron chi connectivity index (χ0n) is 10.3. The van der Waals surface area contributed by atoms with Crippen molar-refractivity contribution in [3.63, 3.8) is 0 Å². The summed E-state index contributed by atoms with van der Waals surface area (Å²) in [7, 11) is 5.88. The zero-order valence-corrected chi connectivity index (χ0v) is 11.1. The Bertz CT molecular complexity index is 289. The second kappa shape index (κ2) is 7.73. The van der Waals surface area contributed by atoms with Gasteiger partial charge in [-0.25, -0.2) is 4.98 Å². The minimum absolute atomic E-state index is 0.616. The highest BCUT2D eigenvalue weighted by Crippen LogP contribution is 2.10. The summed E-state index contributed by atoms with van der Waals surface area (Å²) in [6, 6.07) is 0. The van der Waals surface area contributed by atoms with Crippen LogP contribution in [0.1, 0.15) is 17.1 Å². The standard InChI is InChI=1S/C11H21N3OS/c1-14(2)6-4-5-12-7-10-9-16-11(13-10)8-15-3/h9,12H,4-8H2,1-3H3. The van der Waals surface area contributed by atoms with Gasteiger partial charge < -0.3 is 15.0 Å². The van der Waals surface area contributed by atoms with Gasteiger partial charge in [0.15, 0.2) is 0 Å². The third kappa shape index (κ3) is 5.55. The van der Waals surface area contributed by atoms with Crippen molar-refractivity contribution >= 4 is 11.3 Å². The van der Waals surface area contributed by atoms with E-state index in [1.807, 2.05) is 0 Å². The van der Waals surface area contributed by atoms with Crippen molar-refractivity contribution in [3.05, 3.63) is 16.1 Å². The fourth-order valence-electron chi connectivity index (χ4n) is 1.36. The lowest BCUT2D eigenvalue weighted by atomic mass is 10.4. The molecule has 16 heavy (non-hydrogen) atoms. The summed E-state index contributed by atoms with van der Waals surface area (Å²) in [5.41, 5.74) is 1.11. The van der Waals surface area contributed by atoms with E-state index < -0.39 is 0 Å². The van der Waals surface area contributed by atoms with Crippen LogP contribution in [0.25, 0.3) is 0 Å². The van der Waals surface area contributed by atoms with E-state index in [1.165, 1.54) is 6.42 Å². The Morgan fingerprint density at radius 2 is 2.31 bits per heavy atom. The SMILES string of the molecule is COCc1nc(CNCCCN(C)C)cs1. The predicted octanol–water partition coefficient (Wildman–Crippen LogP) is 1.33. The fraction of sp³-hybridized carbons (Fsp3) is 0.727. The van der Waals surface area contributed by atoms with Crippen LogP contribution in [0, 0.1) is 0 Å². The second-order valence-electron chi connectivity index (χ2n) is 4.00. The molecule has 4 nitrogen and oxygen atoms in total. The van der Waals surface area contributed by atoms with Crippen LogP contribution < -0.4 is 5.32 Å². The Morgan fingerprint density at radius 3 is 3.00 bits per heavy atom. The Balaban J connectivity index is 2.12. The number of methoxy groups -OCH3 is 1. The molecule has 0 aromatic carbocycles. The van der Waals surface area contributed by atoms with Crippen LogP contribution in [-0.2, 0) is 17.9 Å². The molecule has 0 saturated heterocycles. The van der Waals surface area contributed by atoms with Gasteiger partial charge in [0.25, 0.3) is 0 Å². The van der Waals surface area contributed by atoms with E-state index in [4.69, 9.17) is 4.74 Å². The topological polar surface area (TPSA) is 37.4 Å². The van der Waals surface area contributed by atoms with Crippen LogP contribution >= 0.6 is 11.3 Å². The number of aromatic nitrogens is 1. The van der Waals surface area contributed by atoms with Gasteiger partial charge in [-0.15, -0.1) is 11.3 Å². The van der Waals surface area contributed by atoms with Crippen molar-refractivity contribution in [2.75, 3.05) is 34.3 Å². The fourth-order valence-corrected chi connectivity index (χ4v) is 2.12. The first-order valence-electron chi connectivity index (χ1n) is 5.50. The molecule has 0 fully saturated rings. The highest BCUT2D eigenvalue weighted by atomic mass is 32.1. The first kappa shape index (κ1) is 13.6. The van der Waals surface area contributed by atoms with Crippen LogP contribution in [-0.4, -0.2) is 44.2 Å². The van der Waals surface area contributed by atoms with E-state index in [0.717, 1.165) is 30.3 Å². The van der Waals surface area contributed by atoms with Crippen molar-refractivity contribution in [2.24, 2.45) is 0 Å². The average molecular weight is 243 g/mol. The molecule has 0 aliphatic heterocycles. The number of rotatable bonds is 8. The van der Waals surface area contributed by atoms with Gasteiger partial charge in [0.05, 0.1) is 12.3 Å². The molecule has 0 bridgehead atoms. The number of ether oxygens (including phenoxy) is 1. The van der Waals surface area contributed by atoms with E-state index >= 15 is 0 Å². The molecule has 0 radical (unpaired) electrons. The summed E-state index contributed by atoms with van der Waals surface area (Å²) in [5.74, 6) is 0. The van der Waals surface area contributed by atoms with Gasteiger partial charge >= 0.3 is 0 Å². The van der Waals surface area contributed by atoms with E-state index in [0.29, 0.717) is 6.61 Å². The summed E-state index contributed by atoms with van der Waals surface area (Å²) in [4.78, 5) is 6.65. The summed E-state index contributed by atoms with van der Waals surface area (Å²) in [6.45, 7) is 3.63. The lowest BCUT2D eigenvalue weighted by Gasteiger charge is -2.08. The Labute approximate surface area is 102 Å². The molecule has 1 N–H and O–H groups in total. The minimum Gasteiger partial charge on any atom is -0.378 e. The van der Waals surface area contributed by atoms with E-state index in [-0.39, 0.29) is 0 Å². The zero-order chi connectivity index (χ0) is 11.8. The number of nitrogens with one attached hydrogen (secondary N) is 1. The summed E-state index contributed by atoms with van der Waals surface area (Å²) in [5, 5.41) is 6.53. The van der Waals surface area contributed by atoms with Gasteiger partial charge in [-0.2, -0.15) is 0 Å². The number of hydrogen-bond donors (Lipinski definition) is 1. The highest BCUT2D eigenvalue weighted by Gasteiger charge is 2.00. The number of nitrogens with zero attached hydrogens (tertiary/aromatic N) is 2. The molecule has 0 aliphatic carbocycles. The third-order valence-electron chi connectivity index (χ3n) is 2.13. The van der Waals surface area contributed by atoms with E-state index in [2.05, 4.69) is 34.7 Å². The molecule has 0 unspecified atom stereocenters. The average Bonchev–Trinajstić information content (AvgIpc) is 2.65. The van der Waals surface area contributed by atoms with Crippen LogP contribution in [0.2, 0.25) is 0 Å². The lowest BCUT2D eigenvalue weighted by molar-refractivity contribution is 0.184. The molecule has 1 aromatic heterocycles. The summed E-state index contributed by atoms with van der Waals surface area (Å²) in [6.07, 6.45) is 1.17. The molecule has 0 spiro atoms. The molecule has 92 valence electrons. The van der Waals surface area contributed by atoms with Gasteiger partial charge in [-0.05, 0) is 33.6 Å². The summed E-state index contributed by atoms with van der Waals surface area (Å²) >= 11 is 1.66. The first-order chi connectivity index (χ1) is 7.72. The molecule has 1 aromatic rings. The minimum atomic E-state index is 0.616. The number of hydrogen-bond acceptors (Lipinski definition) is 5. The normalized spacial score (nSPS) is 11.2. The maximum atomic E-state index is 5.03. The molecule has 0 amide bonds. The van der Waals surface area contributed by atoms with Crippen molar-refractivity contribution in [2.45, 2.75) is 19.6 Å². The van der Waals surface area contributed by atoms with Gasteiger partial charge in [0, 0.05) is 19.0 Å². The third-order valence-corrected chi connectivity index (χ3v) is 3.00. The second-order valence-corrected chi connectivity index (χ2v) is 4.94. The van der Waals surface area contributed by atoms with Crippen LogP contribution in [0.4, 0.5) is 0 Å². The van der Waals surface area contributed by atoms with Crippen molar-refractivity contribution in [1.82, 2.24) is 15.2 Å². The predicted molar refractivity (Wildman–Crippen MR) is 67.7 cm³/mol. The van der Waals surface area contributed by atoms with Gasteiger partial charge in [0.1, 0.15) is 5.01 Å². The molecule has 0 saturated carbocycles. The molecule has 0 aliphatic rings. The van der Waals surface area contributed by atoms with E-state index in [9.17, 15) is 0 Å². The molecule has 0 atom stereocenters. The monoisotopic (exact) mass is 243 g/mol. The Morgan fingerprint density at radius 1 is 1.50 bits per heavy atom. The molecule has 1 heterocycles. The Kier molecular flexibility index (Phi) is 6.56. The van der Waals surface area contributed by atoms with Gasteiger partial charge in [0.2, 0.25) is 0 Å². The van der Waals surface area contributed by atoms with Gasteiger partial charge in [-0.3, -0.25) is 0 Å². The maximum Gasteiger partial charge on any atom is 0.119 e. The molecule has 5 heteroatoms. The Hall–Kier alpha value is -0.490. The largest absolute Gasteiger partial charge is 0.378 e. The van der Waals surface area contributed by atoms with Crippen molar-refractivity contribution in [1.29, 1.82) is 0 Å². The number of thiazole rings is 1. The quantitative estimate of drug-likeness (QED) is 0.699. The smallest absolute Gasteiger partial charge is 0.119 e. The summed E-state index contributed by atoms with van der Waals surface area (Å²) < 4.78 is 5.03. The van der Waals surface area contributed by atoms with Crippen LogP contribution in [0.15, 0.2) is 5.38 Å². The van der Waals surface area contributed by atoms with Gasteiger partial charge in [-0.1, -0.05) is 0 Å². The highest BCUT2D eigenvalue weighted by molar-refractivity contribution is 7.09. The molecule has 1 rings (SSSR count).